The quantitative estimate of drug-likeness (QED) is 0.913. The minimum atomic E-state index is -0.524. The molecule has 7 heteroatoms. The van der Waals surface area contributed by atoms with Crippen molar-refractivity contribution in [2.75, 3.05) is 12.4 Å². The van der Waals surface area contributed by atoms with Gasteiger partial charge in [-0.25, -0.2) is 4.98 Å². The highest BCUT2D eigenvalue weighted by Gasteiger charge is 2.13. The van der Waals surface area contributed by atoms with E-state index in [0.29, 0.717) is 5.13 Å². The Morgan fingerprint density at radius 1 is 1.56 bits per heavy atom. The minimum Gasteiger partial charge on any atom is -0.490 e. The zero-order chi connectivity index (χ0) is 13.1. The fourth-order valence-corrected chi connectivity index (χ4v) is 1.90. The number of nitrogens with zero attached hydrogens (tertiary/aromatic N) is 1. The molecule has 94 valence electrons. The number of aromatic nitrogens is 1. The Hall–Kier alpha value is -2.15. The van der Waals surface area contributed by atoms with E-state index in [4.69, 9.17) is 9.15 Å². The van der Waals surface area contributed by atoms with Gasteiger partial charge < -0.3 is 9.15 Å². The first-order valence-corrected chi connectivity index (χ1v) is 5.82. The average molecular weight is 266 g/mol. The van der Waals surface area contributed by atoms with E-state index in [9.17, 15) is 9.59 Å². The van der Waals surface area contributed by atoms with Crippen molar-refractivity contribution in [2.45, 2.75) is 6.92 Å². The molecule has 2 aromatic heterocycles. The molecule has 0 bridgehead atoms. The first kappa shape index (κ1) is 12.3. The third-order valence-corrected chi connectivity index (χ3v) is 2.91. The third-order valence-electron chi connectivity index (χ3n) is 2.08. The Morgan fingerprint density at radius 3 is 2.89 bits per heavy atom. The molecular formula is C11H10N2O4S. The lowest BCUT2D eigenvalue weighted by atomic mass is 10.3. The van der Waals surface area contributed by atoms with Gasteiger partial charge in [0.05, 0.1) is 7.11 Å². The van der Waals surface area contributed by atoms with Crippen LogP contribution in [0.25, 0.3) is 0 Å². The lowest BCUT2D eigenvalue weighted by Crippen LogP contribution is -2.15. The molecule has 1 amide bonds. The maximum absolute atomic E-state index is 11.8. The number of aryl methyl sites for hydroxylation is 1. The molecule has 0 aromatic carbocycles. The van der Waals surface area contributed by atoms with Crippen LogP contribution < -0.4 is 15.5 Å². The van der Waals surface area contributed by atoms with Crippen LogP contribution in [0, 0.1) is 6.92 Å². The Morgan fingerprint density at radius 2 is 2.33 bits per heavy atom. The van der Waals surface area contributed by atoms with Gasteiger partial charge in [0.1, 0.15) is 6.26 Å². The Bertz CT molecular complexity index is 632. The summed E-state index contributed by atoms with van der Waals surface area (Å²) in [7, 11) is 1.35. The molecular weight excluding hydrogens is 256 g/mol. The fourth-order valence-electron chi connectivity index (χ4n) is 1.24. The highest BCUT2D eigenvalue weighted by Crippen LogP contribution is 2.17. The van der Waals surface area contributed by atoms with Gasteiger partial charge in [0.2, 0.25) is 11.2 Å². The Balaban J connectivity index is 2.19. The fraction of sp³-hybridized carbons (Fsp3) is 0.182. The van der Waals surface area contributed by atoms with Gasteiger partial charge in [0.15, 0.2) is 10.9 Å². The molecule has 18 heavy (non-hydrogen) atoms. The molecule has 2 aromatic rings. The van der Waals surface area contributed by atoms with Crippen LogP contribution in [0.2, 0.25) is 0 Å². The van der Waals surface area contributed by atoms with Crippen LogP contribution in [0.5, 0.6) is 5.75 Å². The molecule has 0 aliphatic rings. The number of ether oxygens (including phenoxy) is 1. The molecule has 0 saturated heterocycles. The monoisotopic (exact) mass is 266 g/mol. The largest absolute Gasteiger partial charge is 0.490 e. The van der Waals surface area contributed by atoms with E-state index < -0.39 is 11.3 Å². The van der Waals surface area contributed by atoms with Crippen molar-refractivity contribution in [3.8, 4) is 5.75 Å². The standard InChI is InChI=1S/C11H10N2O4S/c1-6-4-12-11(18-6)13-10(15)8-3-7(14)9(16-2)5-17-8/h3-5H,1-2H3,(H,12,13,15). The highest BCUT2D eigenvalue weighted by atomic mass is 32.1. The molecule has 0 radical (unpaired) electrons. The molecule has 0 aliphatic carbocycles. The van der Waals surface area contributed by atoms with Gasteiger partial charge in [-0.1, -0.05) is 0 Å². The summed E-state index contributed by atoms with van der Waals surface area (Å²) in [5.41, 5.74) is -0.413. The molecule has 6 nitrogen and oxygen atoms in total. The van der Waals surface area contributed by atoms with Crippen LogP contribution in [0.1, 0.15) is 15.4 Å². The van der Waals surface area contributed by atoms with Crippen molar-refractivity contribution in [2.24, 2.45) is 0 Å². The number of anilines is 1. The zero-order valence-corrected chi connectivity index (χ0v) is 10.5. The average Bonchev–Trinajstić information content (AvgIpc) is 2.74. The first-order chi connectivity index (χ1) is 8.60. The predicted molar refractivity (Wildman–Crippen MR) is 66.3 cm³/mol. The van der Waals surface area contributed by atoms with Crippen molar-refractivity contribution in [1.82, 2.24) is 4.98 Å². The van der Waals surface area contributed by atoms with Gasteiger partial charge in [-0.05, 0) is 6.92 Å². The van der Waals surface area contributed by atoms with Crippen LogP contribution in [-0.4, -0.2) is 18.0 Å². The van der Waals surface area contributed by atoms with Crippen LogP contribution in [-0.2, 0) is 0 Å². The molecule has 2 rings (SSSR count). The lowest BCUT2D eigenvalue weighted by molar-refractivity contribution is 0.0993. The first-order valence-electron chi connectivity index (χ1n) is 5.01. The number of rotatable bonds is 3. The maximum atomic E-state index is 11.8. The summed E-state index contributed by atoms with van der Waals surface area (Å²) in [6.45, 7) is 1.88. The molecule has 0 spiro atoms. The molecule has 1 N–H and O–H groups in total. The number of methoxy groups -OCH3 is 1. The molecule has 0 atom stereocenters. The van der Waals surface area contributed by atoms with Gasteiger partial charge in [0.25, 0.3) is 5.91 Å². The van der Waals surface area contributed by atoms with Crippen LogP contribution in [0.15, 0.2) is 27.7 Å². The SMILES string of the molecule is COc1coc(C(=O)Nc2ncc(C)s2)cc1=O. The van der Waals surface area contributed by atoms with E-state index >= 15 is 0 Å². The van der Waals surface area contributed by atoms with Gasteiger partial charge >= 0.3 is 0 Å². The summed E-state index contributed by atoms with van der Waals surface area (Å²) in [4.78, 5) is 28.2. The van der Waals surface area contributed by atoms with E-state index in [-0.39, 0.29) is 11.5 Å². The van der Waals surface area contributed by atoms with E-state index in [1.807, 2.05) is 6.92 Å². The molecule has 0 saturated carbocycles. The van der Waals surface area contributed by atoms with Crippen molar-refractivity contribution >= 4 is 22.4 Å². The van der Waals surface area contributed by atoms with E-state index in [2.05, 4.69) is 10.3 Å². The Labute approximate surface area is 106 Å². The van der Waals surface area contributed by atoms with Gasteiger partial charge in [0, 0.05) is 17.1 Å². The summed E-state index contributed by atoms with van der Waals surface area (Å²) < 4.78 is 9.76. The molecule has 0 aliphatic heterocycles. The number of hydrogen-bond acceptors (Lipinski definition) is 6. The second-order valence-corrected chi connectivity index (χ2v) is 4.64. The number of nitrogens with one attached hydrogen (secondary N) is 1. The normalized spacial score (nSPS) is 10.1. The Kier molecular flexibility index (Phi) is 3.42. The van der Waals surface area contributed by atoms with E-state index in [1.54, 1.807) is 6.20 Å². The lowest BCUT2D eigenvalue weighted by Gasteiger charge is -2.01. The molecule has 0 unspecified atom stereocenters. The number of carbonyl (C=O) groups excluding carboxylic acids is 1. The summed E-state index contributed by atoms with van der Waals surface area (Å²) in [6.07, 6.45) is 2.74. The molecule has 0 fully saturated rings. The van der Waals surface area contributed by atoms with Crippen LogP contribution >= 0.6 is 11.3 Å². The second kappa shape index (κ2) is 5.01. The predicted octanol–water partition coefficient (Wildman–Crippen LogP) is 1.67. The summed E-state index contributed by atoms with van der Waals surface area (Å²) in [6, 6.07) is 1.08. The van der Waals surface area contributed by atoms with Gasteiger partial charge in [-0.2, -0.15) is 0 Å². The summed E-state index contributed by atoms with van der Waals surface area (Å²) in [5.74, 6) is -0.561. The van der Waals surface area contributed by atoms with Crippen molar-refractivity contribution in [3.05, 3.63) is 39.4 Å². The van der Waals surface area contributed by atoms with E-state index in [0.717, 1.165) is 17.2 Å². The minimum absolute atomic E-state index is 0.0524. The van der Waals surface area contributed by atoms with Crippen molar-refractivity contribution in [1.29, 1.82) is 0 Å². The summed E-state index contributed by atoms with van der Waals surface area (Å²) in [5, 5.41) is 2.99. The maximum Gasteiger partial charge on any atom is 0.293 e. The third kappa shape index (κ3) is 2.57. The van der Waals surface area contributed by atoms with Crippen molar-refractivity contribution in [3.63, 3.8) is 0 Å². The smallest absolute Gasteiger partial charge is 0.293 e. The van der Waals surface area contributed by atoms with Gasteiger partial charge in [-0.3, -0.25) is 14.9 Å². The van der Waals surface area contributed by atoms with E-state index in [1.165, 1.54) is 18.4 Å². The van der Waals surface area contributed by atoms with Gasteiger partial charge in [-0.15, -0.1) is 11.3 Å². The number of amides is 1. The summed E-state index contributed by atoms with van der Waals surface area (Å²) >= 11 is 1.34. The van der Waals surface area contributed by atoms with Crippen molar-refractivity contribution < 1.29 is 13.9 Å². The highest BCUT2D eigenvalue weighted by molar-refractivity contribution is 7.15. The van der Waals surface area contributed by atoms with Crippen LogP contribution in [0.4, 0.5) is 5.13 Å². The number of hydrogen-bond donors (Lipinski definition) is 1. The van der Waals surface area contributed by atoms with Crippen LogP contribution in [0.3, 0.4) is 0 Å². The number of carbonyl (C=O) groups is 1. The number of thiazole rings is 1. The second-order valence-electron chi connectivity index (χ2n) is 3.41. The molecule has 2 heterocycles. The topological polar surface area (TPSA) is 81.4 Å². The zero-order valence-electron chi connectivity index (χ0n) is 9.72.